The molecule has 2 aromatic carbocycles. The maximum atomic E-state index is 13.9. The van der Waals surface area contributed by atoms with E-state index in [1.54, 1.807) is 18.2 Å². The van der Waals surface area contributed by atoms with Gasteiger partial charge in [-0.05, 0) is 37.0 Å². The molecular weight excluding hydrogens is 506 g/mol. The Labute approximate surface area is 226 Å². The Morgan fingerprint density at radius 2 is 1.71 bits per heavy atom. The third kappa shape index (κ3) is 7.63. The summed E-state index contributed by atoms with van der Waals surface area (Å²) in [5.41, 5.74) is 1.06. The van der Waals surface area contributed by atoms with E-state index in [2.05, 4.69) is 5.32 Å². The predicted molar refractivity (Wildman–Crippen MR) is 148 cm³/mol. The number of ether oxygens (including phenoxy) is 2. The number of sulfonamides is 1. The third-order valence-corrected chi connectivity index (χ3v) is 7.99. The second-order valence-electron chi connectivity index (χ2n) is 9.58. The minimum Gasteiger partial charge on any atom is -0.497 e. The Hall–Kier alpha value is -3.27. The zero-order valence-corrected chi connectivity index (χ0v) is 23.5. The summed E-state index contributed by atoms with van der Waals surface area (Å²) in [6.07, 6.45) is 6.59. The number of hydrogen-bond acceptors (Lipinski definition) is 6. The van der Waals surface area contributed by atoms with Crippen molar-refractivity contribution in [3.8, 4) is 11.5 Å². The van der Waals surface area contributed by atoms with Crippen LogP contribution in [0.3, 0.4) is 0 Å². The van der Waals surface area contributed by atoms with Crippen molar-refractivity contribution in [2.24, 2.45) is 0 Å². The lowest BCUT2D eigenvalue weighted by Crippen LogP contribution is -2.54. The number of carbonyl (C=O) groups excluding carboxylic acids is 2. The standard InChI is InChI=1S/C28H39N3O6S/c1-5-24(28(33)29-22-14-10-7-11-15-22)30(19-21-12-8-6-9-13-21)27(32)20-31(38(4,34)35)25-17-16-23(36-2)18-26(25)37-3/h6,8-9,12-13,16-18,22,24H,5,7,10-11,14-15,19-20H2,1-4H3,(H,29,33). The summed E-state index contributed by atoms with van der Waals surface area (Å²) in [4.78, 5) is 28.8. The number of amides is 2. The first-order valence-corrected chi connectivity index (χ1v) is 14.9. The van der Waals surface area contributed by atoms with E-state index in [4.69, 9.17) is 9.47 Å². The molecule has 208 valence electrons. The van der Waals surface area contributed by atoms with Gasteiger partial charge in [0.25, 0.3) is 0 Å². The number of carbonyl (C=O) groups is 2. The number of benzene rings is 2. The zero-order chi connectivity index (χ0) is 27.7. The van der Waals surface area contributed by atoms with Crippen LogP contribution >= 0.6 is 0 Å². The maximum absolute atomic E-state index is 13.9. The fraction of sp³-hybridized carbons (Fsp3) is 0.500. The number of nitrogens with zero attached hydrogens (tertiary/aromatic N) is 2. The monoisotopic (exact) mass is 545 g/mol. The van der Waals surface area contributed by atoms with Crippen molar-refractivity contribution >= 4 is 27.5 Å². The quantitative estimate of drug-likeness (QED) is 0.436. The van der Waals surface area contributed by atoms with Crippen LogP contribution in [0.2, 0.25) is 0 Å². The summed E-state index contributed by atoms with van der Waals surface area (Å²) in [5, 5.41) is 3.14. The summed E-state index contributed by atoms with van der Waals surface area (Å²) < 4.78 is 37.5. The Balaban J connectivity index is 1.94. The van der Waals surface area contributed by atoms with Gasteiger partial charge in [-0.15, -0.1) is 0 Å². The van der Waals surface area contributed by atoms with Gasteiger partial charge >= 0.3 is 0 Å². The molecule has 1 aliphatic carbocycles. The predicted octanol–water partition coefficient (Wildman–Crippen LogP) is 3.73. The summed E-state index contributed by atoms with van der Waals surface area (Å²) in [7, 11) is -0.964. The van der Waals surface area contributed by atoms with Crippen LogP contribution in [0.5, 0.6) is 11.5 Å². The van der Waals surface area contributed by atoms with Gasteiger partial charge in [-0.3, -0.25) is 13.9 Å². The van der Waals surface area contributed by atoms with E-state index >= 15 is 0 Å². The van der Waals surface area contributed by atoms with Gasteiger partial charge in [0.2, 0.25) is 21.8 Å². The molecule has 1 saturated carbocycles. The molecule has 9 nitrogen and oxygen atoms in total. The highest BCUT2D eigenvalue weighted by Gasteiger charge is 2.33. The lowest BCUT2D eigenvalue weighted by molar-refractivity contribution is -0.140. The van der Waals surface area contributed by atoms with E-state index in [1.807, 2.05) is 37.3 Å². The van der Waals surface area contributed by atoms with Crippen molar-refractivity contribution in [3.63, 3.8) is 0 Å². The minimum absolute atomic E-state index is 0.0926. The van der Waals surface area contributed by atoms with Crippen molar-refractivity contribution in [2.45, 2.75) is 64.1 Å². The van der Waals surface area contributed by atoms with Gasteiger partial charge in [-0.2, -0.15) is 0 Å². The fourth-order valence-electron chi connectivity index (χ4n) is 4.83. The summed E-state index contributed by atoms with van der Waals surface area (Å²) >= 11 is 0. The van der Waals surface area contributed by atoms with Gasteiger partial charge in [0.05, 0.1) is 26.2 Å². The number of hydrogen-bond donors (Lipinski definition) is 1. The van der Waals surface area contributed by atoms with E-state index < -0.39 is 28.5 Å². The molecule has 1 fully saturated rings. The van der Waals surface area contributed by atoms with Crippen LogP contribution in [0.1, 0.15) is 51.0 Å². The second kappa shape index (κ2) is 13.5. The molecule has 10 heteroatoms. The fourth-order valence-corrected chi connectivity index (χ4v) is 5.68. The highest BCUT2D eigenvalue weighted by atomic mass is 32.2. The molecule has 0 aromatic heterocycles. The Kier molecular flexibility index (Phi) is 10.4. The van der Waals surface area contributed by atoms with Gasteiger partial charge in [-0.25, -0.2) is 8.42 Å². The number of nitrogens with one attached hydrogen (secondary N) is 1. The van der Waals surface area contributed by atoms with Crippen molar-refractivity contribution in [1.29, 1.82) is 0 Å². The lowest BCUT2D eigenvalue weighted by Gasteiger charge is -2.34. The van der Waals surface area contributed by atoms with Crippen molar-refractivity contribution in [1.82, 2.24) is 10.2 Å². The number of rotatable bonds is 12. The maximum Gasteiger partial charge on any atom is 0.244 e. The first-order valence-electron chi connectivity index (χ1n) is 13.0. The van der Waals surface area contributed by atoms with Crippen molar-refractivity contribution in [3.05, 3.63) is 54.1 Å². The minimum atomic E-state index is -3.88. The zero-order valence-electron chi connectivity index (χ0n) is 22.7. The largest absolute Gasteiger partial charge is 0.497 e. The molecule has 0 bridgehead atoms. The molecule has 0 spiro atoms. The average molecular weight is 546 g/mol. The van der Waals surface area contributed by atoms with Crippen LogP contribution < -0.4 is 19.1 Å². The Bertz CT molecular complexity index is 1180. The Morgan fingerprint density at radius 3 is 2.29 bits per heavy atom. The van der Waals surface area contributed by atoms with E-state index in [0.717, 1.165) is 41.8 Å². The Morgan fingerprint density at radius 1 is 1.03 bits per heavy atom. The van der Waals surface area contributed by atoms with Crippen LogP contribution in [-0.2, 0) is 26.2 Å². The molecule has 0 heterocycles. The van der Waals surface area contributed by atoms with Crippen molar-refractivity contribution in [2.75, 3.05) is 31.3 Å². The first-order chi connectivity index (χ1) is 18.2. The highest BCUT2D eigenvalue weighted by Crippen LogP contribution is 2.33. The van der Waals surface area contributed by atoms with E-state index in [-0.39, 0.29) is 29.9 Å². The summed E-state index contributed by atoms with van der Waals surface area (Å²) in [6, 6.07) is 13.4. The van der Waals surface area contributed by atoms with Crippen LogP contribution in [0, 0.1) is 0 Å². The third-order valence-electron chi connectivity index (χ3n) is 6.87. The molecule has 38 heavy (non-hydrogen) atoms. The number of anilines is 1. The van der Waals surface area contributed by atoms with Crippen LogP contribution in [-0.4, -0.2) is 64.2 Å². The van der Waals surface area contributed by atoms with E-state index in [0.29, 0.717) is 12.2 Å². The highest BCUT2D eigenvalue weighted by molar-refractivity contribution is 7.92. The SMILES string of the molecule is CCC(C(=O)NC1CCCCC1)N(Cc1ccccc1)C(=O)CN(c1ccc(OC)cc1OC)S(C)(=O)=O. The van der Waals surface area contributed by atoms with E-state index in [9.17, 15) is 18.0 Å². The normalized spacial score (nSPS) is 14.8. The van der Waals surface area contributed by atoms with Gasteiger partial charge in [-0.1, -0.05) is 56.5 Å². The molecule has 2 amide bonds. The van der Waals surface area contributed by atoms with Gasteiger partial charge in [0.1, 0.15) is 24.1 Å². The molecule has 1 unspecified atom stereocenters. The van der Waals surface area contributed by atoms with Crippen LogP contribution in [0.25, 0.3) is 0 Å². The van der Waals surface area contributed by atoms with Crippen molar-refractivity contribution < 1.29 is 27.5 Å². The topological polar surface area (TPSA) is 105 Å². The molecule has 2 aromatic rings. The number of methoxy groups -OCH3 is 2. The van der Waals surface area contributed by atoms with Gasteiger partial charge in [0.15, 0.2) is 0 Å². The molecule has 3 rings (SSSR count). The molecule has 1 aliphatic rings. The summed E-state index contributed by atoms with van der Waals surface area (Å²) in [6.45, 7) is 1.55. The van der Waals surface area contributed by atoms with Crippen LogP contribution in [0.15, 0.2) is 48.5 Å². The smallest absolute Gasteiger partial charge is 0.244 e. The second-order valence-corrected chi connectivity index (χ2v) is 11.5. The molecule has 1 N–H and O–H groups in total. The van der Waals surface area contributed by atoms with Gasteiger partial charge < -0.3 is 19.7 Å². The van der Waals surface area contributed by atoms with Gasteiger partial charge in [0, 0.05) is 18.7 Å². The molecule has 0 radical (unpaired) electrons. The molecule has 0 saturated heterocycles. The molecular formula is C28H39N3O6S. The summed E-state index contributed by atoms with van der Waals surface area (Å²) in [5.74, 6) is 0.0418. The average Bonchev–Trinajstić information content (AvgIpc) is 2.91. The van der Waals surface area contributed by atoms with Crippen LogP contribution in [0.4, 0.5) is 5.69 Å². The van der Waals surface area contributed by atoms with E-state index in [1.165, 1.54) is 25.5 Å². The molecule has 0 aliphatic heterocycles. The first kappa shape index (κ1) is 29.3. The lowest BCUT2D eigenvalue weighted by atomic mass is 9.95. The molecule has 1 atom stereocenters.